The second-order valence-electron chi connectivity index (χ2n) is 7.15. The summed E-state index contributed by atoms with van der Waals surface area (Å²) in [6.07, 6.45) is -4.48. The van der Waals surface area contributed by atoms with Crippen LogP contribution in [0.5, 0.6) is 0 Å². The zero-order valence-electron chi connectivity index (χ0n) is 17.5. The van der Waals surface area contributed by atoms with Crippen molar-refractivity contribution in [1.29, 1.82) is 0 Å². The number of nitrogens with zero attached hydrogens (tertiary/aromatic N) is 2. The fourth-order valence-electron chi connectivity index (χ4n) is 3.49. The number of carbonyl (C=O) groups is 1. The van der Waals surface area contributed by atoms with Gasteiger partial charge in [0.05, 0.1) is 16.6 Å². The number of carbonyl (C=O) groups excluding carboxylic acids is 1. The van der Waals surface area contributed by atoms with E-state index >= 15 is 0 Å². The molecule has 0 unspecified atom stereocenters. The van der Waals surface area contributed by atoms with Gasteiger partial charge in [-0.25, -0.2) is 9.37 Å². The molecule has 0 aliphatic carbocycles. The molecule has 8 heteroatoms. The fraction of sp³-hybridized carbons (Fsp3) is 0.304. The van der Waals surface area contributed by atoms with Crippen LogP contribution in [0.4, 0.5) is 23.4 Å². The van der Waals surface area contributed by atoms with Crippen LogP contribution in [0, 0.1) is 12.7 Å². The predicted molar refractivity (Wildman–Crippen MR) is 113 cm³/mol. The molecule has 0 saturated heterocycles. The first kappa shape index (κ1) is 22.5. The molecule has 0 fully saturated rings. The lowest BCUT2D eigenvalue weighted by Gasteiger charge is -2.25. The quantitative estimate of drug-likeness (QED) is 0.524. The molecule has 0 saturated carbocycles. The molecule has 1 heterocycles. The van der Waals surface area contributed by atoms with Crippen molar-refractivity contribution >= 4 is 22.6 Å². The van der Waals surface area contributed by atoms with Gasteiger partial charge in [0.25, 0.3) is 5.91 Å². The van der Waals surface area contributed by atoms with Gasteiger partial charge in [0.15, 0.2) is 0 Å². The van der Waals surface area contributed by atoms with Crippen molar-refractivity contribution in [2.45, 2.75) is 33.5 Å². The minimum absolute atomic E-state index is 0.182. The Morgan fingerprint density at radius 2 is 1.71 bits per heavy atom. The summed E-state index contributed by atoms with van der Waals surface area (Å²) < 4.78 is 52.6. The Bertz CT molecular complexity index is 1090. The lowest BCUT2D eigenvalue weighted by molar-refractivity contribution is -0.137. The summed E-state index contributed by atoms with van der Waals surface area (Å²) in [6.45, 7) is 6.73. The van der Waals surface area contributed by atoms with Crippen LogP contribution in [0.1, 0.15) is 40.9 Å². The van der Waals surface area contributed by atoms with Crippen LogP contribution in [0.25, 0.3) is 10.9 Å². The van der Waals surface area contributed by atoms with E-state index in [9.17, 15) is 22.4 Å². The maximum absolute atomic E-state index is 13.2. The van der Waals surface area contributed by atoms with Crippen LogP contribution >= 0.6 is 0 Å². The summed E-state index contributed by atoms with van der Waals surface area (Å²) >= 11 is 0. The molecular formula is C23H23F4N3O. The highest BCUT2D eigenvalue weighted by Gasteiger charge is 2.31. The topological polar surface area (TPSA) is 45.2 Å². The Labute approximate surface area is 177 Å². The highest BCUT2D eigenvalue weighted by molar-refractivity contribution is 6.05. The average molecular weight is 433 g/mol. The van der Waals surface area contributed by atoms with E-state index in [-0.39, 0.29) is 17.9 Å². The molecule has 0 spiro atoms. The molecule has 1 amide bonds. The molecule has 0 aliphatic heterocycles. The molecule has 164 valence electrons. The van der Waals surface area contributed by atoms with E-state index in [1.54, 1.807) is 19.1 Å². The van der Waals surface area contributed by atoms with Gasteiger partial charge in [0, 0.05) is 25.0 Å². The van der Waals surface area contributed by atoms with Crippen molar-refractivity contribution in [3.05, 3.63) is 70.5 Å². The number of hydrogen-bond donors (Lipinski definition) is 1. The number of pyridine rings is 1. The van der Waals surface area contributed by atoms with E-state index in [2.05, 4.69) is 10.3 Å². The summed E-state index contributed by atoms with van der Waals surface area (Å²) in [6, 6.07) is 9.12. The van der Waals surface area contributed by atoms with Gasteiger partial charge in [-0.15, -0.1) is 0 Å². The molecule has 1 aromatic heterocycles. The fourth-order valence-corrected chi connectivity index (χ4v) is 3.49. The van der Waals surface area contributed by atoms with Gasteiger partial charge >= 0.3 is 6.18 Å². The molecular weight excluding hydrogens is 410 g/mol. The van der Waals surface area contributed by atoms with E-state index < -0.39 is 17.6 Å². The van der Waals surface area contributed by atoms with E-state index in [0.717, 1.165) is 17.7 Å². The number of rotatable bonds is 6. The third kappa shape index (κ3) is 4.78. The van der Waals surface area contributed by atoms with Gasteiger partial charge < -0.3 is 10.2 Å². The molecule has 3 rings (SSSR count). The first-order valence-electron chi connectivity index (χ1n) is 9.94. The Hall–Kier alpha value is -3.16. The van der Waals surface area contributed by atoms with E-state index in [1.807, 2.05) is 18.7 Å². The standard InChI is InChI=1S/C23H23F4N3O/c1-4-30(5-2)21-20(22(31)28-13-15-6-9-17(24)10-7-15)14(3)18-11-8-16(23(25,26)27)12-19(18)29-21/h6-12H,4-5,13H2,1-3H3,(H,28,31). The van der Waals surface area contributed by atoms with E-state index in [4.69, 9.17) is 0 Å². The second-order valence-corrected chi connectivity index (χ2v) is 7.15. The van der Waals surface area contributed by atoms with E-state index in [1.165, 1.54) is 18.2 Å². The summed E-state index contributed by atoms with van der Waals surface area (Å²) in [4.78, 5) is 19.4. The van der Waals surface area contributed by atoms with Crippen LogP contribution in [0.3, 0.4) is 0 Å². The summed E-state index contributed by atoms with van der Waals surface area (Å²) in [7, 11) is 0. The van der Waals surface area contributed by atoms with Crippen molar-refractivity contribution in [3.63, 3.8) is 0 Å². The third-order valence-corrected chi connectivity index (χ3v) is 5.21. The van der Waals surface area contributed by atoms with E-state index in [0.29, 0.717) is 35.4 Å². The Kier molecular flexibility index (Phi) is 6.48. The maximum atomic E-state index is 13.2. The van der Waals surface area contributed by atoms with Crippen molar-refractivity contribution in [1.82, 2.24) is 10.3 Å². The largest absolute Gasteiger partial charge is 0.416 e. The number of nitrogens with one attached hydrogen (secondary N) is 1. The van der Waals surface area contributed by atoms with Crippen LogP contribution in [0.15, 0.2) is 42.5 Å². The van der Waals surface area contributed by atoms with Gasteiger partial charge in [-0.1, -0.05) is 18.2 Å². The minimum atomic E-state index is -4.48. The minimum Gasteiger partial charge on any atom is -0.356 e. The number of halogens is 4. The molecule has 0 radical (unpaired) electrons. The number of hydrogen-bond acceptors (Lipinski definition) is 3. The normalized spacial score (nSPS) is 11.6. The molecule has 3 aromatic rings. The molecule has 4 nitrogen and oxygen atoms in total. The predicted octanol–water partition coefficient (Wildman–Crippen LogP) is 5.48. The number of fused-ring (bicyclic) bond motifs is 1. The van der Waals surface area contributed by atoms with Gasteiger partial charge in [0.1, 0.15) is 11.6 Å². The van der Waals surface area contributed by atoms with Crippen molar-refractivity contribution in [2.24, 2.45) is 0 Å². The second kappa shape index (κ2) is 8.91. The molecule has 0 bridgehead atoms. The van der Waals surface area contributed by atoms with Gasteiger partial charge in [-0.3, -0.25) is 4.79 Å². The lowest BCUT2D eigenvalue weighted by Crippen LogP contribution is -2.30. The smallest absolute Gasteiger partial charge is 0.356 e. The number of amides is 1. The number of aryl methyl sites for hydroxylation is 1. The highest BCUT2D eigenvalue weighted by Crippen LogP contribution is 2.34. The van der Waals surface area contributed by atoms with Crippen molar-refractivity contribution < 1.29 is 22.4 Å². The van der Waals surface area contributed by atoms with Gasteiger partial charge in [0.2, 0.25) is 0 Å². The Morgan fingerprint density at radius 1 is 1.06 bits per heavy atom. The first-order chi connectivity index (χ1) is 14.7. The Morgan fingerprint density at radius 3 is 2.29 bits per heavy atom. The third-order valence-electron chi connectivity index (χ3n) is 5.21. The molecule has 2 aromatic carbocycles. The average Bonchev–Trinajstić information content (AvgIpc) is 2.73. The van der Waals surface area contributed by atoms with Crippen LogP contribution < -0.4 is 10.2 Å². The number of anilines is 1. The van der Waals surface area contributed by atoms with Crippen molar-refractivity contribution in [2.75, 3.05) is 18.0 Å². The van der Waals surface area contributed by atoms with Gasteiger partial charge in [-0.2, -0.15) is 13.2 Å². The monoisotopic (exact) mass is 433 g/mol. The highest BCUT2D eigenvalue weighted by atomic mass is 19.4. The Balaban J connectivity index is 2.06. The molecule has 1 N–H and O–H groups in total. The summed E-state index contributed by atoms with van der Waals surface area (Å²) in [5.74, 6) is -0.421. The lowest BCUT2D eigenvalue weighted by atomic mass is 10.0. The van der Waals surface area contributed by atoms with Crippen LogP contribution in [-0.4, -0.2) is 24.0 Å². The SMILES string of the molecule is CCN(CC)c1nc2cc(C(F)(F)F)ccc2c(C)c1C(=O)NCc1ccc(F)cc1. The maximum Gasteiger partial charge on any atom is 0.416 e. The number of alkyl halides is 3. The van der Waals surface area contributed by atoms with Crippen LogP contribution in [-0.2, 0) is 12.7 Å². The summed E-state index contributed by atoms with van der Waals surface area (Å²) in [5, 5.41) is 3.29. The first-order valence-corrected chi connectivity index (χ1v) is 9.94. The number of aromatic nitrogens is 1. The zero-order chi connectivity index (χ0) is 22.8. The number of benzene rings is 2. The molecule has 0 atom stereocenters. The van der Waals surface area contributed by atoms with Crippen molar-refractivity contribution in [3.8, 4) is 0 Å². The molecule has 31 heavy (non-hydrogen) atoms. The molecule has 0 aliphatic rings. The van der Waals surface area contributed by atoms with Crippen LogP contribution in [0.2, 0.25) is 0 Å². The summed E-state index contributed by atoms with van der Waals surface area (Å²) in [5.41, 5.74) is 0.992. The zero-order valence-corrected chi connectivity index (χ0v) is 17.5. The van der Waals surface area contributed by atoms with Gasteiger partial charge in [-0.05, 0) is 56.2 Å².